The fraction of sp³-hybridized carbons (Fsp3) is 0.118. The molecular formula is C17H16N2O2S. The van der Waals surface area contributed by atoms with Gasteiger partial charge in [-0.3, -0.25) is 9.00 Å². The van der Waals surface area contributed by atoms with E-state index in [0.717, 1.165) is 16.1 Å². The highest BCUT2D eigenvalue weighted by molar-refractivity contribution is 7.85. The number of para-hydroxylation sites is 1. The van der Waals surface area contributed by atoms with Crippen molar-refractivity contribution in [2.75, 3.05) is 10.8 Å². The van der Waals surface area contributed by atoms with E-state index in [2.05, 4.69) is 0 Å². The molecule has 1 unspecified atom stereocenters. The van der Waals surface area contributed by atoms with Crippen molar-refractivity contribution in [3.63, 3.8) is 0 Å². The zero-order valence-electron chi connectivity index (χ0n) is 11.9. The van der Waals surface area contributed by atoms with Crippen molar-refractivity contribution in [2.45, 2.75) is 11.3 Å². The van der Waals surface area contributed by atoms with Crippen LogP contribution < -0.4 is 10.6 Å². The lowest BCUT2D eigenvalue weighted by atomic mass is 10.00. The molecule has 0 bridgehead atoms. The summed E-state index contributed by atoms with van der Waals surface area (Å²) in [5.41, 5.74) is 7.94. The molecule has 112 valence electrons. The SMILES string of the molecule is NC(=O)C1=CN(CS(=O)c2ccccc2)c2ccccc2C1. The number of benzene rings is 2. The van der Waals surface area contributed by atoms with Crippen molar-refractivity contribution in [1.29, 1.82) is 0 Å². The second kappa shape index (κ2) is 6.15. The zero-order chi connectivity index (χ0) is 15.5. The van der Waals surface area contributed by atoms with Crippen LogP contribution in [0.5, 0.6) is 0 Å². The Balaban J connectivity index is 1.91. The number of nitrogens with two attached hydrogens (primary N) is 1. The van der Waals surface area contributed by atoms with Gasteiger partial charge in [0.2, 0.25) is 5.91 Å². The van der Waals surface area contributed by atoms with Crippen LogP contribution in [0.2, 0.25) is 0 Å². The topological polar surface area (TPSA) is 63.4 Å². The number of hydrogen-bond donors (Lipinski definition) is 1. The summed E-state index contributed by atoms with van der Waals surface area (Å²) in [5, 5.41) is 0. The third-order valence-corrected chi connectivity index (χ3v) is 4.88. The molecule has 4 nitrogen and oxygen atoms in total. The van der Waals surface area contributed by atoms with E-state index in [1.165, 1.54) is 0 Å². The van der Waals surface area contributed by atoms with E-state index in [0.29, 0.717) is 12.0 Å². The molecule has 1 heterocycles. The zero-order valence-corrected chi connectivity index (χ0v) is 12.8. The molecule has 2 aromatic carbocycles. The normalized spacial score (nSPS) is 14.9. The van der Waals surface area contributed by atoms with Gasteiger partial charge in [-0.25, -0.2) is 0 Å². The van der Waals surface area contributed by atoms with Crippen LogP contribution in [0.25, 0.3) is 0 Å². The van der Waals surface area contributed by atoms with E-state index in [1.54, 1.807) is 6.20 Å². The Kier molecular flexibility index (Phi) is 4.06. The molecule has 0 aliphatic carbocycles. The van der Waals surface area contributed by atoms with Gasteiger partial charge in [0.1, 0.15) is 5.88 Å². The lowest BCUT2D eigenvalue weighted by molar-refractivity contribution is -0.114. The van der Waals surface area contributed by atoms with Crippen LogP contribution in [0.3, 0.4) is 0 Å². The highest BCUT2D eigenvalue weighted by atomic mass is 32.2. The van der Waals surface area contributed by atoms with Crippen LogP contribution in [-0.2, 0) is 22.0 Å². The summed E-state index contributed by atoms with van der Waals surface area (Å²) in [6.45, 7) is 0. The Morgan fingerprint density at radius 1 is 1.09 bits per heavy atom. The van der Waals surface area contributed by atoms with Crippen LogP contribution in [0, 0.1) is 0 Å². The first-order chi connectivity index (χ1) is 10.6. The van der Waals surface area contributed by atoms with Gasteiger partial charge in [-0.05, 0) is 23.8 Å². The molecule has 0 spiro atoms. The van der Waals surface area contributed by atoms with Gasteiger partial charge in [0.15, 0.2) is 0 Å². The summed E-state index contributed by atoms with van der Waals surface area (Å²) >= 11 is 0. The molecule has 1 amide bonds. The first kappa shape index (κ1) is 14.5. The molecule has 1 atom stereocenters. The first-order valence-corrected chi connectivity index (χ1v) is 8.25. The Labute approximate surface area is 131 Å². The molecule has 0 radical (unpaired) electrons. The third kappa shape index (κ3) is 2.94. The predicted molar refractivity (Wildman–Crippen MR) is 87.6 cm³/mol. The second-order valence-corrected chi connectivity index (χ2v) is 6.50. The Morgan fingerprint density at radius 2 is 1.77 bits per heavy atom. The molecular weight excluding hydrogens is 296 g/mol. The quantitative estimate of drug-likeness (QED) is 0.941. The van der Waals surface area contributed by atoms with Crippen LogP contribution in [0.15, 0.2) is 71.3 Å². The lowest BCUT2D eigenvalue weighted by Gasteiger charge is -2.28. The molecule has 5 heteroatoms. The summed E-state index contributed by atoms with van der Waals surface area (Å²) in [7, 11) is -1.19. The van der Waals surface area contributed by atoms with E-state index in [9.17, 15) is 9.00 Å². The van der Waals surface area contributed by atoms with Gasteiger partial charge >= 0.3 is 0 Å². The van der Waals surface area contributed by atoms with E-state index in [1.807, 2.05) is 59.5 Å². The lowest BCUT2D eigenvalue weighted by Crippen LogP contribution is -2.29. The molecule has 0 aromatic heterocycles. The number of hydrogen-bond acceptors (Lipinski definition) is 3. The van der Waals surface area contributed by atoms with Crippen molar-refractivity contribution >= 4 is 22.4 Å². The molecule has 1 aliphatic heterocycles. The van der Waals surface area contributed by atoms with Crippen LogP contribution in [0.1, 0.15) is 5.56 Å². The number of rotatable bonds is 4. The van der Waals surface area contributed by atoms with Gasteiger partial charge in [-0.2, -0.15) is 0 Å². The molecule has 1 aliphatic rings. The maximum Gasteiger partial charge on any atom is 0.246 e. The smallest absolute Gasteiger partial charge is 0.246 e. The van der Waals surface area contributed by atoms with Gasteiger partial charge in [0.25, 0.3) is 0 Å². The Morgan fingerprint density at radius 3 is 2.50 bits per heavy atom. The summed E-state index contributed by atoms with van der Waals surface area (Å²) in [6, 6.07) is 17.1. The summed E-state index contributed by atoms with van der Waals surface area (Å²) in [4.78, 5) is 14.1. The number of nitrogens with zero attached hydrogens (tertiary/aromatic N) is 1. The van der Waals surface area contributed by atoms with E-state index < -0.39 is 16.7 Å². The number of carbonyl (C=O) groups excluding carboxylic acids is 1. The minimum absolute atomic E-state index is 0.289. The van der Waals surface area contributed by atoms with Gasteiger partial charge in [0.05, 0.1) is 10.8 Å². The van der Waals surface area contributed by atoms with Gasteiger partial charge < -0.3 is 10.6 Å². The molecule has 22 heavy (non-hydrogen) atoms. The largest absolute Gasteiger partial charge is 0.366 e. The second-order valence-electron chi connectivity index (χ2n) is 5.08. The molecule has 2 N–H and O–H groups in total. The average Bonchev–Trinajstić information content (AvgIpc) is 2.55. The number of amides is 1. The number of fused-ring (bicyclic) bond motifs is 1. The van der Waals surface area contributed by atoms with E-state index in [-0.39, 0.29) is 5.88 Å². The number of carbonyl (C=O) groups is 1. The average molecular weight is 312 g/mol. The maximum absolute atomic E-state index is 12.5. The van der Waals surface area contributed by atoms with Crippen molar-refractivity contribution in [3.8, 4) is 0 Å². The monoisotopic (exact) mass is 312 g/mol. The van der Waals surface area contributed by atoms with Crippen LogP contribution in [-0.4, -0.2) is 16.0 Å². The Hall–Kier alpha value is -2.40. The van der Waals surface area contributed by atoms with Gasteiger partial charge in [0, 0.05) is 28.8 Å². The molecule has 0 fully saturated rings. The van der Waals surface area contributed by atoms with E-state index >= 15 is 0 Å². The van der Waals surface area contributed by atoms with E-state index in [4.69, 9.17) is 5.73 Å². The Bertz CT molecular complexity index is 756. The van der Waals surface area contributed by atoms with Crippen molar-refractivity contribution in [1.82, 2.24) is 0 Å². The molecule has 2 aromatic rings. The molecule has 0 saturated carbocycles. The maximum atomic E-state index is 12.5. The van der Waals surface area contributed by atoms with Crippen LogP contribution in [0.4, 0.5) is 5.69 Å². The first-order valence-electron chi connectivity index (χ1n) is 6.93. The molecule has 0 saturated heterocycles. The summed E-state index contributed by atoms with van der Waals surface area (Å²) < 4.78 is 12.5. The van der Waals surface area contributed by atoms with Gasteiger partial charge in [-0.15, -0.1) is 0 Å². The minimum Gasteiger partial charge on any atom is -0.366 e. The van der Waals surface area contributed by atoms with Gasteiger partial charge in [-0.1, -0.05) is 36.4 Å². The summed E-state index contributed by atoms with van der Waals surface area (Å²) in [5.74, 6) is -0.150. The van der Waals surface area contributed by atoms with Crippen LogP contribution >= 0.6 is 0 Å². The predicted octanol–water partition coefficient (Wildman–Crippen LogP) is 2.18. The van der Waals surface area contributed by atoms with Crippen molar-refractivity contribution < 1.29 is 9.00 Å². The van der Waals surface area contributed by atoms with Crippen molar-refractivity contribution in [2.24, 2.45) is 5.73 Å². The minimum atomic E-state index is -1.19. The molecule has 3 rings (SSSR count). The highest BCUT2D eigenvalue weighted by Gasteiger charge is 2.21. The highest BCUT2D eigenvalue weighted by Crippen LogP contribution is 2.29. The fourth-order valence-electron chi connectivity index (χ4n) is 2.48. The number of primary amides is 1. The number of anilines is 1. The fourth-order valence-corrected chi connectivity index (χ4v) is 3.56. The third-order valence-electron chi connectivity index (χ3n) is 3.57. The summed E-state index contributed by atoms with van der Waals surface area (Å²) in [6.07, 6.45) is 2.23. The van der Waals surface area contributed by atoms with Crippen molar-refractivity contribution in [3.05, 3.63) is 71.9 Å². The standard InChI is InChI=1S/C17H16N2O2S/c18-17(20)14-10-13-6-4-5-9-16(13)19(11-14)12-22(21)15-7-2-1-3-8-15/h1-9,11H,10,12H2,(H2,18,20).